The van der Waals surface area contributed by atoms with Crippen LogP contribution in [0.25, 0.3) is 0 Å². The van der Waals surface area contributed by atoms with Crippen LogP contribution in [0.3, 0.4) is 0 Å². The molecule has 0 radical (unpaired) electrons. The van der Waals surface area contributed by atoms with Gasteiger partial charge in [-0.05, 0) is 12.5 Å². The Balaban J connectivity index is 1.39. The molecule has 1 aromatic rings. The SMILES string of the molecule is CCCCCCCCCCCCCCN1COc2ccccc2C1. The van der Waals surface area contributed by atoms with Crippen LogP contribution in [0.1, 0.15) is 89.5 Å². The van der Waals surface area contributed by atoms with Gasteiger partial charge in [0.25, 0.3) is 0 Å². The molecule has 0 unspecified atom stereocenters. The van der Waals surface area contributed by atoms with Gasteiger partial charge in [-0.2, -0.15) is 0 Å². The van der Waals surface area contributed by atoms with Crippen LogP contribution < -0.4 is 4.74 Å². The van der Waals surface area contributed by atoms with E-state index in [9.17, 15) is 0 Å². The number of nitrogens with zero attached hydrogens (tertiary/aromatic N) is 1. The number of fused-ring (bicyclic) bond motifs is 1. The van der Waals surface area contributed by atoms with Crippen molar-refractivity contribution in [3.8, 4) is 5.75 Å². The number of hydrogen-bond donors (Lipinski definition) is 0. The highest BCUT2D eigenvalue weighted by Crippen LogP contribution is 2.24. The molecule has 2 heteroatoms. The van der Waals surface area contributed by atoms with Crippen LogP contribution in [0.2, 0.25) is 0 Å². The summed E-state index contributed by atoms with van der Waals surface area (Å²) in [6.07, 6.45) is 17.0. The Morgan fingerprint density at radius 3 is 2.04 bits per heavy atom. The predicted molar refractivity (Wildman–Crippen MR) is 103 cm³/mol. The fourth-order valence-corrected chi connectivity index (χ4v) is 3.54. The predicted octanol–water partition coefficient (Wildman–Crippen LogP) is 6.54. The molecule has 0 atom stereocenters. The van der Waals surface area contributed by atoms with Crippen molar-refractivity contribution in [1.82, 2.24) is 4.90 Å². The van der Waals surface area contributed by atoms with E-state index in [4.69, 9.17) is 4.74 Å². The third-order valence-corrected chi connectivity index (χ3v) is 5.10. The van der Waals surface area contributed by atoms with Gasteiger partial charge in [-0.25, -0.2) is 0 Å². The molecule has 0 saturated carbocycles. The van der Waals surface area contributed by atoms with Gasteiger partial charge in [0.1, 0.15) is 12.5 Å². The molecule has 0 aromatic heterocycles. The number of ether oxygens (including phenoxy) is 1. The van der Waals surface area contributed by atoms with Gasteiger partial charge >= 0.3 is 0 Å². The van der Waals surface area contributed by atoms with Gasteiger partial charge in [0.15, 0.2) is 0 Å². The van der Waals surface area contributed by atoms with E-state index in [1.807, 2.05) is 0 Å². The van der Waals surface area contributed by atoms with Gasteiger partial charge in [-0.3, -0.25) is 4.90 Å². The molecule has 0 spiro atoms. The van der Waals surface area contributed by atoms with Crippen molar-refractivity contribution in [2.75, 3.05) is 13.3 Å². The highest BCUT2D eigenvalue weighted by molar-refractivity contribution is 5.34. The standard InChI is InChI=1S/C22H37NO/c1-2-3-4-5-6-7-8-9-10-11-12-15-18-23-19-21-16-13-14-17-22(21)24-20-23/h13-14,16-17H,2-12,15,18-20H2,1H3. The summed E-state index contributed by atoms with van der Waals surface area (Å²) in [6.45, 7) is 5.27. The Labute approximate surface area is 149 Å². The molecule has 0 N–H and O–H groups in total. The lowest BCUT2D eigenvalue weighted by molar-refractivity contribution is 0.0935. The molecule has 2 nitrogen and oxygen atoms in total. The largest absolute Gasteiger partial charge is 0.478 e. The van der Waals surface area contributed by atoms with E-state index < -0.39 is 0 Å². The third kappa shape index (κ3) is 7.70. The van der Waals surface area contributed by atoms with Gasteiger partial charge in [0, 0.05) is 18.7 Å². The average Bonchev–Trinajstić information content (AvgIpc) is 2.62. The van der Waals surface area contributed by atoms with Crippen LogP contribution in [0.5, 0.6) is 5.75 Å². The van der Waals surface area contributed by atoms with Crippen molar-refractivity contribution >= 4 is 0 Å². The van der Waals surface area contributed by atoms with Crippen molar-refractivity contribution in [3.05, 3.63) is 29.8 Å². The van der Waals surface area contributed by atoms with Gasteiger partial charge < -0.3 is 4.74 Å². The number of unbranched alkanes of at least 4 members (excludes halogenated alkanes) is 11. The average molecular weight is 332 g/mol. The van der Waals surface area contributed by atoms with Crippen LogP contribution >= 0.6 is 0 Å². The minimum atomic E-state index is 0.759. The highest BCUT2D eigenvalue weighted by Gasteiger charge is 2.15. The van der Waals surface area contributed by atoms with Crippen LogP contribution in [0.15, 0.2) is 24.3 Å². The second-order valence-electron chi connectivity index (χ2n) is 7.32. The first-order valence-electron chi connectivity index (χ1n) is 10.3. The summed E-state index contributed by atoms with van der Waals surface area (Å²) < 4.78 is 5.82. The normalized spacial score (nSPS) is 14.4. The fraction of sp³-hybridized carbons (Fsp3) is 0.727. The maximum absolute atomic E-state index is 5.82. The van der Waals surface area contributed by atoms with Crippen molar-refractivity contribution in [3.63, 3.8) is 0 Å². The zero-order chi connectivity index (χ0) is 16.9. The first kappa shape index (κ1) is 19.3. The maximum Gasteiger partial charge on any atom is 0.142 e. The number of benzene rings is 1. The number of hydrogen-bond acceptors (Lipinski definition) is 2. The Hall–Kier alpha value is -1.02. The summed E-state index contributed by atoms with van der Waals surface area (Å²) >= 11 is 0. The second-order valence-corrected chi connectivity index (χ2v) is 7.32. The van der Waals surface area contributed by atoms with Crippen LogP contribution in [-0.2, 0) is 6.54 Å². The quantitative estimate of drug-likeness (QED) is 0.380. The lowest BCUT2D eigenvalue weighted by atomic mass is 10.1. The van der Waals surface area contributed by atoms with Gasteiger partial charge in [-0.15, -0.1) is 0 Å². The Bertz CT molecular complexity index is 432. The summed E-state index contributed by atoms with van der Waals surface area (Å²) in [5, 5.41) is 0. The maximum atomic E-state index is 5.82. The fourth-order valence-electron chi connectivity index (χ4n) is 3.54. The second kappa shape index (κ2) is 12.4. The molecular weight excluding hydrogens is 294 g/mol. The highest BCUT2D eigenvalue weighted by atomic mass is 16.5. The number of para-hydroxylation sites is 1. The molecule has 1 aliphatic heterocycles. The summed E-state index contributed by atoms with van der Waals surface area (Å²) in [5.41, 5.74) is 1.34. The zero-order valence-electron chi connectivity index (χ0n) is 15.8. The molecule has 24 heavy (non-hydrogen) atoms. The molecule has 0 bridgehead atoms. The minimum Gasteiger partial charge on any atom is -0.478 e. The Morgan fingerprint density at radius 2 is 1.38 bits per heavy atom. The molecule has 0 aliphatic carbocycles. The minimum absolute atomic E-state index is 0.759. The first-order valence-corrected chi connectivity index (χ1v) is 10.3. The van der Waals surface area contributed by atoms with E-state index in [-0.39, 0.29) is 0 Å². The van der Waals surface area contributed by atoms with E-state index in [0.29, 0.717) is 0 Å². The van der Waals surface area contributed by atoms with Crippen molar-refractivity contribution in [1.29, 1.82) is 0 Å². The molecule has 0 saturated heterocycles. The third-order valence-electron chi connectivity index (χ3n) is 5.10. The van der Waals surface area contributed by atoms with Gasteiger partial charge in [0.2, 0.25) is 0 Å². The van der Waals surface area contributed by atoms with E-state index in [1.165, 1.54) is 89.2 Å². The van der Waals surface area contributed by atoms with E-state index in [0.717, 1.165) is 19.0 Å². The van der Waals surface area contributed by atoms with E-state index >= 15 is 0 Å². The van der Waals surface area contributed by atoms with Crippen LogP contribution in [0.4, 0.5) is 0 Å². The molecule has 136 valence electrons. The summed E-state index contributed by atoms with van der Waals surface area (Å²) in [4.78, 5) is 2.43. The summed E-state index contributed by atoms with van der Waals surface area (Å²) in [7, 11) is 0. The van der Waals surface area contributed by atoms with E-state index in [2.05, 4.69) is 36.1 Å². The molecule has 0 amide bonds. The Morgan fingerprint density at radius 1 is 0.792 bits per heavy atom. The molecule has 1 heterocycles. The molecule has 1 aromatic carbocycles. The Kier molecular flexibility index (Phi) is 9.94. The van der Waals surface area contributed by atoms with Gasteiger partial charge in [0.05, 0.1) is 0 Å². The first-order chi connectivity index (χ1) is 11.9. The van der Waals surface area contributed by atoms with Crippen molar-refractivity contribution in [2.24, 2.45) is 0 Å². The van der Waals surface area contributed by atoms with E-state index in [1.54, 1.807) is 0 Å². The van der Waals surface area contributed by atoms with Crippen LogP contribution in [-0.4, -0.2) is 18.2 Å². The molecule has 2 rings (SSSR count). The van der Waals surface area contributed by atoms with Gasteiger partial charge in [-0.1, -0.05) is 95.8 Å². The zero-order valence-corrected chi connectivity index (χ0v) is 15.8. The van der Waals surface area contributed by atoms with Crippen molar-refractivity contribution in [2.45, 2.75) is 90.5 Å². The van der Waals surface area contributed by atoms with Crippen molar-refractivity contribution < 1.29 is 4.74 Å². The number of rotatable bonds is 13. The lowest BCUT2D eigenvalue weighted by Crippen LogP contribution is -2.32. The molecular formula is C22H37NO. The monoisotopic (exact) mass is 331 g/mol. The smallest absolute Gasteiger partial charge is 0.142 e. The molecule has 1 aliphatic rings. The summed E-state index contributed by atoms with van der Waals surface area (Å²) in [5.74, 6) is 1.07. The topological polar surface area (TPSA) is 12.5 Å². The molecule has 0 fully saturated rings. The summed E-state index contributed by atoms with van der Waals surface area (Å²) in [6, 6.07) is 8.43. The lowest BCUT2D eigenvalue weighted by Gasteiger charge is -2.28. The van der Waals surface area contributed by atoms with Crippen LogP contribution in [0, 0.1) is 0 Å².